The smallest absolute Gasteiger partial charge is 0.416 e. The van der Waals surface area contributed by atoms with Crippen molar-refractivity contribution in [1.82, 2.24) is 5.32 Å². The summed E-state index contributed by atoms with van der Waals surface area (Å²) >= 11 is 0. The van der Waals surface area contributed by atoms with Gasteiger partial charge in [-0.3, -0.25) is 9.59 Å². The number of esters is 1. The molecule has 3 N–H and O–H groups in total. The Hall–Kier alpha value is -2.09. The number of halogens is 3. The molecule has 0 fully saturated rings. The van der Waals surface area contributed by atoms with E-state index >= 15 is 0 Å². The van der Waals surface area contributed by atoms with Crippen LogP contribution in [0.3, 0.4) is 0 Å². The van der Waals surface area contributed by atoms with Crippen molar-refractivity contribution in [2.24, 2.45) is 5.73 Å². The van der Waals surface area contributed by atoms with Gasteiger partial charge in [0.15, 0.2) is 0 Å². The number of carbonyl (C=O) groups excluding carboxylic acids is 2. The molecule has 0 saturated carbocycles. The van der Waals surface area contributed by atoms with Crippen molar-refractivity contribution in [2.45, 2.75) is 58.0 Å². The van der Waals surface area contributed by atoms with Gasteiger partial charge in [0.25, 0.3) is 0 Å². The number of alkyl halides is 3. The van der Waals surface area contributed by atoms with Gasteiger partial charge in [-0.05, 0) is 44.9 Å². The number of nitrogens with two attached hydrogens (primary N) is 1. The molecule has 0 heterocycles. The van der Waals surface area contributed by atoms with Gasteiger partial charge in [0.05, 0.1) is 11.6 Å². The summed E-state index contributed by atoms with van der Waals surface area (Å²) in [7, 11) is 0. The quantitative estimate of drug-likeness (QED) is 0.765. The number of nitrogens with one attached hydrogen (secondary N) is 1. The van der Waals surface area contributed by atoms with Crippen LogP contribution in [-0.2, 0) is 27.0 Å². The van der Waals surface area contributed by atoms with E-state index in [0.717, 1.165) is 12.1 Å². The third kappa shape index (κ3) is 8.02. The zero-order chi connectivity index (χ0) is 19.3. The highest BCUT2D eigenvalue weighted by Gasteiger charge is 2.29. The Morgan fingerprint density at radius 1 is 1.16 bits per heavy atom. The minimum Gasteiger partial charge on any atom is -0.460 e. The van der Waals surface area contributed by atoms with Crippen LogP contribution in [0, 0.1) is 0 Å². The average molecular weight is 360 g/mol. The van der Waals surface area contributed by atoms with E-state index in [1.807, 2.05) is 0 Å². The molecular weight excluding hydrogens is 337 g/mol. The lowest BCUT2D eigenvalue weighted by Crippen LogP contribution is -2.40. The third-order valence-electron chi connectivity index (χ3n) is 3.16. The van der Waals surface area contributed by atoms with Crippen molar-refractivity contribution in [3.8, 4) is 0 Å². The van der Waals surface area contributed by atoms with E-state index in [0.29, 0.717) is 5.56 Å². The van der Waals surface area contributed by atoms with Gasteiger partial charge in [-0.2, -0.15) is 13.2 Å². The highest BCUT2D eigenvalue weighted by Crippen LogP contribution is 2.29. The Kier molecular flexibility index (Phi) is 6.98. The van der Waals surface area contributed by atoms with Gasteiger partial charge in [-0.15, -0.1) is 0 Å². The van der Waals surface area contributed by atoms with Gasteiger partial charge in [0, 0.05) is 13.0 Å². The van der Waals surface area contributed by atoms with Gasteiger partial charge in [0.1, 0.15) is 5.60 Å². The molecule has 0 aliphatic rings. The van der Waals surface area contributed by atoms with Crippen LogP contribution in [0.25, 0.3) is 0 Å². The van der Waals surface area contributed by atoms with Crippen LogP contribution in [0.4, 0.5) is 13.2 Å². The van der Waals surface area contributed by atoms with Gasteiger partial charge in [0.2, 0.25) is 5.91 Å². The molecule has 0 radical (unpaired) electrons. The van der Waals surface area contributed by atoms with Crippen molar-refractivity contribution < 1.29 is 27.5 Å². The third-order valence-corrected chi connectivity index (χ3v) is 3.16. The number of hydrogen-bond acceptors (Lipinski definition) is 4. The van der Waals surface area contributed by atoms with Crippen LogP contribution in [0.5, 0.6) is 0 Å². The number of benzene rings is 1. The van der Waals surface area contributed by atoms with Gasteiger partial charge >= 0.3 is 12.1 Å². The van der Waals surface area contributed by atoms with E-state index in [2.05, 4.69) is 5.32 Å². The minimum absolute atomic E-state index is 0.00609. The first-order valence-electron chi connectivity index (χ1n) is 7.80. The summed E-state index contributed by atoms with van der Waals surface area (Å²) in [6.07, 6.45) is -4.27. The zero-order valence-electron chi connectivity index (χ0n) is 14.4. The van der Waals surface area contributed by atoms with Crippen LogP contribution < -0.4 is 11.1 Å². The first-order valence-corrected chi connectivity index (χ1v) is 7.80. The summed E-state index contributed by atoms with van der Waals surface area (Å²) in [5.74, 6) is -0.929. The topological polar surface area (TPSA) is 81.4 Å². The molecule has 0 spiro atoms. The molecule has 0 bridgehead atoms. The second-order valence-corrected chi connectivity index (χ2v) is 6.64. The molecule has 1 aromatic carbocycles. The van der Waals surface area contributed by atoms with Crippen LogP contribution >= 0.6 is 0 Å². The van der Waals surface area contributed by atoms with Crippen molar-refractivity contribution in [1.29, 1.82) is 0 Å². The molecule has 1 aromatic rings. The second kappa shape index (κ2) is 8.33. The lowest BCUT2D eigenvalue weighted by atomic mass is 10.1. The molecule has 0 saturated heterocycles. The molecule has 0 aromatic heterocycles. The van der Waals surface area contributed by atoms with Crippen molar-refractivity contribution in [3.63, 3.8) is 0 Å². The predicted octanol–water partition coefficient (Wildman–Crippen LogP) is 2.77. The summed E-state index contributed by atoms with van der Waals surface area (Å²) < 4.78 is 42.5. The maximum Gasteiger partial charge on any atom is 0.416 e. The normalized spacial score (nSPS) is 13.2. The standard InChI is InChI=1S/C17H23F3N2O3/c1-16(2,3)25-14(23)9-8-13(21)15(24)22-10-11-4-6-12(7-5-11)17(18,19)20/h4-7,13H,8-10,21H2,1-3H3,(H,22,24). The SMILES string of the molecule is CC(C)(C)OC(=O)CCC(N)C(=O)NCc1ccc(C(F)(F)F)cc1. The average Bonchev–Trinajstić information content (AvgIpc) is 2.48. The summed E-state index contributed by atoms with van der Waals surface area (Å²) in [6.45, 7) is 5.27. The Morgan fingerprint density at radius 2 is 1.72 bits per heavy atom. The Labute approximate surface area is 144 Å². The number of carbonyl (C=O) groups is 2. The van der Waals surface area contributed by atoms with Crippen molar-refractivity contribution >= 4 is 11.9 Å². The highest BCUT2D eigenvalue weighted by molar-refractivity contribution is 5.82. The molecule has 0 aliphatic carbocycles. The molecule has 1 rings (SSSR count). The first kappa shape index (κ1) is 21.0. The van der Waals surface area contributed by atoms with E-state index in [4.69, 9.17) is 10.5 Å². The molecule has 25 heavy (non-hydrogen) atoms. The van der Waals surface area contributed by atoms with Crippen molar-refractivity contribution in [2.75, 3.05) is 0 Å². The fraction of sp³-hybridized carbons (Fsp3) is 0.529. The molecule has 1 unspecified atom stereocenters. The minimum atomic E-state index is -4.40. The lowest BCUT2D eigenvalue weighted by molar-refractivity contribution is -0.155. The monoisotopic (exact) mass is 360 g/mol. The maximum absolute atomic E-state index is 12.5. The molecule has 1 atom stereocenters. The highest BCUT2D eigenvalue weighted by atomic mass is 19.4. The second-order valence-electron chi connectivity index (χ2n) is 6.64. The molecule has 0 aliphatic heterocycles. The number of ether oxygens (including phenoxy) is 1. The maximum atomic E-state index is 12.5. The Morgan fingerprint density at radius 3 is 2.20 bits per heavy atom. The van der Waals surface area contributed by atoms with Crippen LogP contribution in [-0.4, -0.2) is 23.5 Å². The molecular formula is C17H23F3N2O3. The van der Waals surface area contributed by atoms with Gasteiger partial charge in [-0.1, -0.05) is 12.1 Å². The van der Waals surface area contributed by atoms with E-state index in [1.165, 1.54) is 12.1 Å². The van der Waals surface area contributed by atoms with Gasteiger partial charge in [-0.25, -0.2) is 0 Å². The largest absolute Gasteiger partial charge is 0.460 e. The zero-order valence-corrected chi connectivity index (χ0v) is 14.4. The Balaban J connectivity index is 2.42. The van der Waals surface area contributed by atoms with Crippen LogP contribution in [0.15, 0.2) is 24.3 Å². The summed E-state index contributed by atoms with van der Waals surface area (Å²) in [5.41, 5.74) is 4.86. The Bertz CT molecular complexity index is 593. The molecule has 8 heteroatoms. The molecule has 140 valence electrons. The fourth-order valence-electron chi connectivity index (χ4n) is 1.93. The molecule has 1 amide bonds. The molecule has 5 nitrogen and oxygen atoms in total. The summed E-state index contributed by atoms with van der Waals surface area (Å²) in [6, 6.07) is 3.57. The van der Waals surface area contributed by atoms with Gasteiger partial charge < -0.3 is 15.8 Å². The lowest BCUT2D eigenvalue weighted by Gasteiger charge is -2.20. The summed E-state index contributed by atoms with van der Waals surface area (Å²) in [5, 5.41) is 2.53. The predicted molar refractivity (Wildman–Crippen MR) is 86.3 cm³/mol. The number of hydrogen-bond donors (Lipinski definition) is 2. The number of rotatable bonds is 6. The van der Waals surface area contributed by atoms with E-state index < -0.39 is 35.3 Å². The van der Waals surface area contributed by atoms with E-state index in [1.54, 1.807) is 20.8 Å². The van der Waals surface area contributed by atoms with Crippen LogP contribution in [0.2, 0.25) is 0 Å². The first-order chi connectivity index (χ1) is 11.4. The van der Waals surface area contributed by atoms with E-state index in [-0.39, 0.29) is 19.4 Å². The fourth-order valence-corrected chi connectivity index (χ4v) is 1.93. The van der Waals surface area contributed by atoms with Crippen LogP contribution in [0.1, 0.15) is 44.7 Å². The summed E-state index contributed by atoms with van der Waals surface area (Å²) in [4.78, 5) is 23.4. The van der Waals surface area contributed by atoms with Crippen molar-refractivity contribution in [3.05, 3.63) is 35.4 Å². The number of amides is 1. The van der Waals surface area contributed by atoms with E-state index in [9.17, 15) is 22.8 Å².